The van der Waals surface area contributed by atoms with Crippen molar-refractivity contribution < 1.29 is 9.53 Å². The van der Waals surface area contributed by atoms with Crippen molar-refractivity contribution in [3.8, 4) is 0 Å². The highest BCUT2D eigenvalue weighted by Crippen LogP contribution is 2.35. The molecular formula is C21H24N2O2. The van der Waals surface area contributed by atoms with Crippen LogP contribution < -0.4 is 0 Å². The molecule has 25 heavy (non-hydrogen) atoms. The summed E-state index contributed by atoms with van der Waals surface area (Å²) in [6.07, 6.45) is 0.0871. The molecule has 0 radical (unpaired) electrons. The summed E-state index contributed by atoms with van der Waals surface area (Å²) in [5.74, 6) is 0. The summed E-state index contributed by atoms with van der Waals surface area (Å²) < 4.78 is 5.95. The molecule has 130 valence electrons. The van der Waals surface area contributed by atoms with Gasteiger partial charge in [-0.2, -0.15) is 10.1 Å². The fourth-order valence-corrected chi connectivity index (χ4v) is 2.95. The molecule has 1 unspecified atom stereocenters. The van der Waals surface area contributed by atoms with Gasteiger partial charge in [-0.3, -0.25) is 0 Å². The maximum absolute atomic E-state index is 12.8. The molecule has 4 nitrogen and oxygen atoms in total. The Kier molecular flexibility index (Phi) is 4.38. The van der Waals surface area contributed by atoms with Crippen molar-refractivity contribution >= 4 is 11.8 Å². The molecule has 0 saturated carbocycles. The van der Waals surface area contributed by atoms with Gasteiger partial charge in [0.1, 0.15) is 5.60 Å². The van der Waals surface area contributed by atoms with Gasteiger partial charge in [-0.15, -0.1) is 0 Å². The average Bonchev–Trinajstić information content (AvgIpc) is 2.73. The number of carbonyl (C=O) groups excluding carboxylic acids is 1. The van der Waals surface area contributed by atoms with E-state index in [9.17, 15) is 4.79 Å². The van der Waals surface area contributed by atoms with Gasteiger partial charge in [0.05, 0.1) is 11.3 Å². The van der Waals surface area contributed by atoms with E-state index in [4.69, 9.17) is 9.84 Å². The molecule has 4 heteroatoms. The number of carbonyl (C=O) groups is 1. The van der Waals surface area contributed by atoms with Crippen LogP contribution in [0.25, 0.3) is 0 Å². The third kappa shape index (κ3) is 3.58. The molecule has 0 spiro atoms. The minimum Gasteiger partial charge on any atom is -0.437 e. The fraction of sp³-hybridized carbons (Fsp3) is 0.333. The summed E-state index contributed by atoms with van der Waals surface area (Å²) in [5, 5.41) is 6.14. The summed E-state index contributed by atoms with van der Waals surface area (Å²) in [7, 11) is 0. The second-order valence-corrected chi connectivity index (χ2v) is 7.54. The second-order valence-electron chi connectivity index (χ2n) is 7.54. The molecule has 0 aliphatic carbocycles. The summed E-state index contributed by atoms with van der Waals surface area (Å²) in [6, 6.07) is 19.8. The zero-order chi connectivity index (χ0) is 18.1. The molecule has 0 N–H and O–H groups in total. The molecule has 3 rings (SSSR count). The summed E-state index contributed by atoms with van der Waals surface area (Å²) in [5.41, 5.74) is 1.55. The zero-order valence-electron chi connectivity index (χ0n) is 15.2. The van der Waals surface area contributed by atoms with Crippen molar-refractivity contribution in [3.05, 3.63) is 71.8 Å². The van der Waals surface area contributed by atoms with Gasteiger partial charge in [-0.25, -0.2) is 4.79 Å². The maximum atomic E-state index is 12.8. The number of rotatable bonds is 2. The Balaban J connectivity index is 2.11. The van der Waals surface area contributed by atoms with Crippen molar-refractivity contribution in [1.82, 2.24) is 5.01 Å². The number of hydrogen-bond donors (Lipinski definition) is 0. The lowest BCUT2D eigenvalue weighted by molar-refractivity contribution is -0.00479. The fourth-order valence-electron chi connectivity index (χ4n) is 2.95. The minimum atomic E-state index is -0.771. The summed E-state index contributed by atoms with van der Waals surface area (Å²) >= 11 is 0. The van der Waals surface area contributed by atoms with Gasteiger partial charge < -0.3 is 4.74 Å². The predicted molar refractivity (Wildman–Crippen MR) is 99.5 cm³/mol. The SMILES string of the molecule is CC1(c2ccccc2)CC(c2ccccc2)=NN(C(C)(C)C)C(=O)O1. The van der Waals surface area contributed by atoms with E-state index in [0.717, 1.165) is 16.8 Å². The van der Waals surface area contributed by atoms with E-state index in [2.05, 4.69) is 0 Å². The first-order chi connectivity index (χ1) is 11.8. The van der Waals surface area contributed by atoms with Crippen molar-refractivity contribution in [2.45, 2.75) is 45.3 Å². The molecule has 1 heterocycles. The zero-order valence-corrected chi connectivity index (χ0v) is 15.2. The quantitative estimate of drug-likeness (QED) is 0.779. The molecule has 1 amide bonds. The molecule has 1 aliphatic heterocycles. The lowest BCUT2D eigenvalue weighted by Crippen LogP contribution is -2.43. The molecule has 0 bridgehead atoms. The molecular weight excluding hydrogens is 312 g/mol. The Morgan fingerprint density at radius 1 is 1.00 bits per heavy atom. The first-order valence-electron chi connectivity index (χ1n) is 8.51. The van der Waals surface area contributed by atoms with Crippen LogP contribution in [-0.4, -0.2) is 22.4 Å². The largest absolute Gasteiger partial charge is 0.437 e. The highest BCUT2D eigenvalue weighted by Gasteiger charge is 2.41. The van der Waals surface area contributed by atoms with Crippen LogP contribution in [0.3, 0.4) is 0 Å². The van der Waals surface area contributed by atoms with Crippen LogP contribution in [0.2, 0.25) is 0 Å². The topological polar surface area (TPSA) is 41.9 Å². The van der Waals surface area contributed by atoms with Crippen LogP contribution in [0.15, 0.2) is 65.8 Å². The maximum Gasteiger partial charge on any atom is 0.431 e. The van der Waals surface area contributed by atoms with Crippen LogP contribution >= 0.6 is 0 Å². The van der Waals surface area contributed by atoms with Gasteiger partial charge in [0, 0.05) is 6.42 Å². The Morgan fingerprint density at radius 3 is 2.12 bits per heavy atom. The van der Waals surface area contributed by atoms with E-state index in [1.165, 1.54) is 5.01 Å². The van der Waals surface area contributed by atoms with Gasteiger partial charge in [0.2, 0.25) is 0 Å². The molecule has 1 atom stereocenters. The first-order valence-corrected chi connectivity index (χ1v) is 8.51. The van der Waals surface area contributed by atoms with Crippen LogP contribution in [-0.2, 0) is 10.3 Å². The minimum absolute atomic E-state index is 0.426. The van der Waals surface area contributed by atoms with E-state index < -0.39 is 17.2 Å². The van der Waals surface area contributed by atoms with E-state index in [1.807, 2.05) is 88.4 Å². The monoisotopic (exact) mass is 336 g/mol. The molecule has 2 aromatic rings. The highest BCUT2D eigenvalue weighted by molar-refractivity contribution is 6.02. The number of cyclic esters (lactones) is 1. The first kappa shape index (κ1) is 17.2. The Bertz CT molecular complexity index is 779. The van der Waals surface area contributed by atoms with Crippen molar-refractivity contribution in [2.24, 2.45) is 5.10 Å². The third-order valence-electron chi connectivity index (χ3n) is 4.34. The standard InChI is InChI=1S/C21H24N2O2/c1-20(2,3)23-19(24)25-21(4,17-13-9-6-10-14-17)15-18(22-23)16-11-7-5-8-12-16/h5-14H,15H2,1-4H3. The van der Waals surface area contributed by atoms with Gasteiger partial charge in [-0.1, -0.05) is 60.7 Å². The molecule has 1 aliphatic rings. The molecule has 0 fully saturated rings. The molecule has 0 saturated heterocycles. The van der Waals surface area contributed by atoms with E-state index in [0.29, 0.717) is 6.42 Å². The lowest BCUT2D eigenvalue weighted by atomic mass is 9.88. The summed E-state index contributed by atoms with van der Waals surface area (Å²) in [4.78, 5) is 12.8. The number of benzene rings is 2. The van der Waals surface area contributed by atoms with Crippen LogP contribution in [0.5, 0.6) is 0 Å². The summed E-state index contributed by atoms with van der Waals surface area (Å²) in [6.45, 7) is 7.80. The van der Waals surface area contributed by atoms with Gasteiger partial charge in [0.15, 0.2) is 0 Å². The van der Waals surface area contributed by atoms with Gasteiger partial charge in [0.25, 0.3) is 0 Å². The van der Waals surface area contributed by atoms with E-state index in [-0.39, 0.29) is 0 Å². The van der Waals surface area contributed by atoms with Crippen molar-refractivity contribution in [2.75, 3.05) is 0 Å². The number of amides is 1. The Hall–Kier alpha value is -2.62. The Morgan fingerprint density at radius 2 is 1.56 bits per heavy atom. The van der Waals surface area contributed by atoms with E-state index >= 15 is 0 Å². The highest BCUT2D eigenvalue weighted by atomic mass is 16.6. The Labute approximate surface area is 149 Å². The van der Waals surface area contributed by atoms with E-state index in [1.54, 1.807) is 0 Å². The molecule has 0 aromatic heterocycles. The number of hydrogen-bond acceptors (Lipinski definition) is 3. The van der Waals surface area contributed by atoms with Crippen LogP contribution in [0.1, 0.15) is 45.2 Å². The normalized spacial score (nSPS) is 21.4. The second kappa shape index (κ2) is 6.36. The molecule has 2 aromatic carbocycles. The average molecular weight is 336 g/mol. The lowest BCUT2D eigenvalue weighted by Gasteiger charge is -2.32. The number of ether oxygens (including phenoxy) is 1. The number of nitrogens with zero attached hydrogens (tertiary/aromatic N) is 2. The van der Waals surface area contributed by atoms with Gasteiger partial charge >= 0.3 is 6.09 Å². The third-order valence-corrected chi connectivity index (χ3v) is 4.34. The van der Waals surface area contributed by atoms with Crippen molar-refractivity contribution in [1.29, 1.82) is 0 Å². The predicted octanol–water partition coefficient (Wildman–Crippen LogP) is 4.95. The van der Waals surface area contributed by atoms with Crippen LogP contribution in [0.4, 0.5) is 4.79 Å². The van der Waals surface area contributed by atoms with Gasteiger partial charge in [-0.05, 0) is 38.8 Å². The van der Waals surface area contributed by atoms with Crippen LogP contribution in [0, 0.1) is 0 Å². The number of hydrazone groups is 1. The smallest absolute Gasteiger partial charge is 0.431 e. The van der Waals surface area contributed by atoms with Crippen molar-refractivity contribution in [3.63, 3.8) is 0 Å².